The number of hydrogen-bond donors (Lipinski definition) is 2. The summed E-state index contributed by atoms with van der Waals surface area (Å²) in [6.45, 7) is 5.23. The molecule has 0 aromatic carbocycles. The van der Waals surface area contributed by atoms with Crippen molar-refractivity contribution in [3.05, 3.63) is 32.6 Å². The maximum Gasteiger partial charge on any atom is 0.342 e. The number of nitrogens with one attached hydrogen (secondary N) is 1. The SMILES string of the molecule is CC(CN1CCOCC1)n1cc(C(=O)O)c(=O)[nH]c1=O. The monoisotopic (exact) mass is 283 g/mol. The molecule has 1 aliphatic rings. The van der Waals surface area contributed by atoms with Gasteiger partial charge in [0.25, 0.3) is 5.56 Å². The Balaban J connectivity index is 2.22. The topological polar surface area (TPSA) is 105 Å². The first-order chi connectivity index (χ1) is 9.49. The Hall–Kier alpha value is -1.93. The van der Waals surface area contributed by atoms with E-state index in [-0.39, 0.29) is 6.04 Å². The molecule has 0 radical (unpaired) electrons. The number of aromatic nitrogens is 2. The zero-order valence-electron chi connectivity index (χ0n) is 11.2. The average molecular weight is 283 g/mol. The Morgan fingerprint density at radius 2 is 2.10 bits per heavy atom. The predicted molar refractivity (Wildman–Crippen MR) is 70.3 cm³/mol. The Bertz CT molecular complexity index is 600. The third-order valence-electron chi connectivity index (χ3n) is 3.30. The molecule has 2 rings (SSSR count). The number of hydrogen-bond acceptors (Lipinski definition) is 5. The van der Waals surface area contributed by atoms with E-state index in [1.807, 2.05) is 4.98 Å². The second kappa shape index (κ2) is 6.02. The van der Waals surface area contributed by atoms with Gasteiger partial charge >= 0.3 is 11.7 Å². The molecule has 0 bridgehead atoms. The van der Waals surface area contributed by atoms with Crippen LogP contribution in [0.25, 0.3) is 0 Å². The molecule has 8 nitrogen and oxygen atoms in total. The molecular formula is C12H17N3O5. The van der Waals surface area contributed by atoms with Crippen LogP contribution in [0.5, 0.6) is 0 Å². The molecule has 0 aliphatic carbocycles. The van der Waals surface area contributed by atoms with Gasteiger partial charge in [-0.05, 0) is 6.92 Å². The number of carbonyl (C=O) groups is 1. The molecule has 1 fully saturated rings. The van der Waals surface area contributed by atoms with Gasteiger partial charge in [0.2, 0.25) is 0 Å². The van der Waals surface area contributed by atoms with Crippen LogP contribution in [0.1, 0.15) is 23.3 Å². The number of ether oxygens (including phenoxy) is 1. The predicted octanol–water partition coefficient (Wildman–Crippen LogP) is -0.872. The molecule has 1 unspecified atom stereocenters. The molecule has 1 saturated heterocycles. The number of carboxylic acid groups (broad SMARTS) is 1. The third kappa shape index (κ3) is 3.14. The average Bonchev–Trinajstić information content (AvgIpc) is 2.39. The summed E-state index contributed by atoms with van der Waals surface area (Å²) < 4.78 is 6.49. The highest BCUT2D eigenvalue weighted by molar-refractivity contribution is 5.86. The highest BCUT2D eigenvalue weighted by atomic mass is 16.5. The van der Waals surface area contributed by atoms with Gasteiger partial charge in [-0.2, -0.15) is 0 Å². The highest BCUT2D eigenvalue weighted by Gasteiger charge is 2.18. The van der Waals surface area contributed by atoms with Crippen LogP contribution in [-0.2, 0) is 4.74 Å². The van der Waals surface area contributed by atoms with Gasteiger partial charge in [0.1, 0.15) is 5.56 Å². The molecule has 2 heterocycles. The summed E-state index contributed by atoms with van der Waals surface area (Å²) in [6.07, 6.45) is 1.11. The molecule has 8 heteroatoms. The fourth-order valence-corrected chi connectivity index (χ4v) is 2.21. The van der Waals surface area contributed by atoms with Crippen LogP contribution in [0.15, 0.2) is 15.8 Å². The molecule has 1 atom stereocenters. The van der Waals surface area contributed by atoms with E-state index in [1.165, 1.54) is 4.57 Å². The smallest absolute Gasteiger partial charge is 0.342 e. The van der Waals surface area contributed by atoms with Crippen molar-refractivity contribution in [3.63, 3.8) is 0 Å². The fourth-order valence-electron chi connectivity index (χ4n) is 2.21. The van der Waals surface area contributed by atoms with Gasteiger partial charge in [-0.3, -0.25) is 19.2 Å². The lowest BCUT2D eigenvalue weighted by Gasteiger charge is -2.29. The van der Waals surface area contributed by atoms with Crippen LogP contribution in [0.4, 0.5) is 0 Å². The third-order valence-corrected chi connectivity index (χ3v) is 3.30. The summed E-state index contributed by atoms with van der Waals surface area (Å²) >= 11 is 0. The van der Waals surface area contributed by atoms with E-state index in [1.54, 1.807) is 6.92 Å². The lowest BCUT2D eigenvalue weighted by Crippen LogP contribution is -2.42. The summed E-state index contributed by atoms with van der Waals surface area (Å²) in [5.74, 6) is -1.35. The number of nitrogens with zero attached hydrogens (tertiary/aromatic N) is 2. The normalized spacial score (nSPS) is 17.9. The number of carboxylic acids is 1. The number of aromatic amines is 1. The van der Waals surface area contributed by atoms with Gasteiger partial charge in [0, 0.05) is 31.9 Å². The van der Waals surface area contributed by atoms with Gasteiger partial charge in [-0.25, -0.2) is 9.59 Å². The van der Waals surface area contributed by atoms with Crippen molar-refractivity contribution in [2.24, 2.45) is 0 Å². The lowest BCUT2D eigenvalue weighted by atomic mass is 10.2. The van der Waals surface area contributed by atoms with Crippen LogP contribution in [0, 0.1) is 0 Å². The summed E-state index contributed by atoms with van der Waals surface area (Å²) in [7, 11) is 0. The standard InChI is InChI=1S/C12H17N3O5/c1-8(6-14-2-4-20-5-3-14)15-7-9(11(17)18)10(16)13-12(15)19/h7-8H,2-6H2,1H3,(H,17,18)(H,13,16,19). The molecule has 1 aromatic heterocycles. The first kappa shape index (κ1) is 14.5. The Morgan fingerprint density at radius 1 is 1.45 bits per heavy atom. The Kier molecular flexibility index (Phi) is 4.35. The summed E-state index contributed by atoms with van der Waals surface area (Å²) in [4.78, 5) is 38.2. The Morgan fingerprint density at radius 3 is 2.70 bits per heavy atom. The summed E-state index contributed by atoms with van der Waals surface area (Å²) in [6, 6.07) is -0.240. The maximum absolute atomic E-state index is 11.8. The van der Waals surface area contributed by atoms with E-state index in [9.17, 15) is 14.4 Å². The van der Waals surface area contributed by atoms with E-state index in [4.69, 9.17) is 9.84 Å². The molecule has 0 spiro atoms. The number of rotatable bonds is 4. The van der Waals surface area contributed by atoms with Crippen molar-refractivity contribution in [1.82, 2.24) is 14.5 Å². The molecule has 0 saturated carbocycles. The van der Waals surface area contributed by atoms with E-state index in [0.29, 0.717) is 19.8 Å². The summed E-state index contributed by atoms with van der Waals surface area (Å²) in [5, 5.41) is 8.92. The Labute approximate surface area is 114 Å². The van der Waals surface area contributed by atoms with Gasteiger partial charge in [-0.15, -0.1) is 0 Å². The lowest BCUT2D eigenvalue weighted by molar-refractivity contribution is 0.0323. The van der Waals surface area contributed by atoms with Crippen molar-refractivity contribution < 1.29 is 14.6 Å². The maximum atomic E-state index is 11.8. The number of H-pyrrole nitrogens is 1. The van der Waals surface area contributed by atoms with Crippen LogP contribution in [0.2, 0.25) is 0 Å². The van der Waals surface area contributed by atoms with Gasteiger partial charge < -0.3 is 9.84 Å². The zero-order chi connectivity index (χ0) is 14.7. The van der Waals surface area contributed by atoms with Crippen LogP contribution in [0.3, 0.4) is 0 Å². The van der Waals surface area contributed by atoms with Crippen molar-refractivity contribution in [3.8, 4) is 0 Å². The van der Waals surface area contributed by atoms with Crippen LogP contribution >= 0.6 is 0 Å². The second-order valence-electron chi connectivity index (χ2n) is 4.78. The van der Waals surface area contributed by atoms with Crippen molar-refractivity contribution in [2.75, 3.05) is 32.8 Å². The van der Waals surface area contributed by atoms with Crippen LogP contribution in [-0.4, -0.2) is 58.4 Å². The largest absolute Gasteiger partial charge is 0.477 e. The van der Waals surface area contributed by atoms with Gasteiger partial charge in [-0.1, -0.05) is 0 Å². The number of morpholine rings is 1. The molecule has 0 amide bonds. The van der Waals surface area contributed by atoms with Gasteiger partial charge in [0.05, 0.1) is 13.2 Å². The van der Waals surface area contributed by atoms with Gasteiger partial charge in [0.15, 0.2) is 0 Å². The molecule has 1 aromatic rings. The van der Waals surface area contributed by atoms with Crippen LogP contribution < -0.4 is 11.2 Å². The first-order valence-corrected chi connectivity index (χ1v) is 6.38. The van der Waals surface area contributed by atoms with E-state index in [0.717, 1.165) is 19.3 Å². The zero-order valence-corrected chi connectivity index (χ0v) is 11.2. The van der Waals surface area contributed by atoms with E-state index < -0.39 is 22.8 Å². The minimum Gasteiger partial charge on any atom is -0.477 e. The molecule has 110 valence electrons. The van der Waals surface area contributed by atoms with Crippen molar-refractivity contribution in [1.29, 1.82) is 0 Å². The highest BCUT2D eigenvalue weighted by Crippen LogP contribution is 2.07. The first-order valence-electron chi connectivity index (χ1n) is 6.38. The van der Waals surface area contributed by atoms with E-state index >= 15 is 0 Å². The molecule has 1 aliphatic heterocycles. The van der Waals surface area contributed by atoms with Crippen molar-refractivity contribution in [2.45, 2.75) is 13.0 Å². The number of aromatic carboxylic acids is 1. The second-order valence-corrected chi connectivity index (χ2v) is 4.78. The van der Waals surface area contributed by atoms with Crippen molar-refractivity contribution >= 4 is 5.97 Å². The fraction of sp³-hybridized carbons (Fsp3) is 0.583. The molecule has 2 N–H and O–H groups in total. The minimum atomic E-state index is -1.35. The summed E-state index contributed by atoms with van der Waals surface area (Å²) in [5.41, 5.74) is -1.91. The minimum absolute atomic E-state index is 0.240. The quantitative estimate of drug-likeness (QED) is 0.744. The van der Waals surface area contributed by atoms with E-state index in [2.05, 4.69) is 4.90 Å². The molecular weight excluding hydrogens is 266 g/mol. The molecule has 20 heavy (non-hydrogen) atoms.